The molecule has 110 valence electrons. The van der Waals surface area contributed by atoms with Crippen molar-refractivity contribution in [2.75, 3.05) is 0 Å². The molecule has 0 spiro atoms. The third-order valence-corrected chi connectivity index (χ3v) is 3.95. The summed E-state index contributed by atoms with van der Waals surface area (Å²) in [5.41, 5.74) is 8.07. The molecular weight excluding hydrogens is 288 g/mol. The van der Waals surface area contributed by atoms with Crippen LogP contribution in [0.4, 0.5) is 0 Å². The van der Waals surface area contributed by atoms with Crippen molar-refractivity contribution in [1.82, 2.24) is 14.8 Å². The third kappa shape index (κ3) is 2.32. The van der Waals surface area contributed by atoms with E-state index in [9.17, 15) is 4.79 Å². The Morgan fingerprint density at radius 3 is 2.95 bits per heavy atom. The SMILES string of the molecule is Cc1[nH]nc2c1c(=O)n(CC[C@H](C)N)c1ccc(Cl)cc21. The minimum atomic E-state index is -0.0354. The van der Waals surface area contributed by atoms with Crippen LogP contribution >= 0.6 is 11.6 Å². The number of hydrogen-bond donors (Lipinski definition) is 2. The molecule has 5 nitrogen and oxygen atoms in total. The molecule has 0 saturated heterocycles. The summed E-state index contributed by atoms with van der Waals surface area (Å²) in [5, 5.41) is 9.28. The summed E-state index contributed by atoms with van der Waals surface area (Å²) in [5.74, 6) is 0. The van der Waals surface area contributed by atoms with E-state index in [2.05, 4.69) is 10.2 Å². The molecular formula is C15H17ClN4O. The maximum atomic E-state index is 12.8. The molecule has 3 rings (SSSR count). The molecule has 0 amide bonds. The van der Waals surface area contributed by atoms with Gasteiger partial charge in [-0.1, -0.05) is 11.6 Å². The fraction of sp³-hybridized carbons (Fsp3) is 0.333. The number of aromatic nitrogens is 3. The minimum Gasteiger partial charge on any atom is -0.328 e. The molecule has 0 fully saturated rings. The molecule has 0 bridgehead atoms. The zero-order chi connectivity index (χ0) is 15.1. The van der Waals surface area contributed by atoms with Gasteiger partial charge < -0.3 is 10.3 Å². The molecule has 1 atom stereocenters. The van der Waals surface area contributed by atoms with Gasteiger partial charge in [-0.3, -0.25) is 9.89 Å². The monoisotopic (exact) mass is 304 g/mol. The Morgan fingerprint density at radius 1 is 1.48 bits per heavy atom. The average molecular weight is 305 g/mol. The van der Waals surface area contributed by atoms with E-state index in [1.165, 1.54) is 0 Å². The Morgan fingerprint density at radius 2 is 2.24 bits per heavy atom. The fourth-order valence-electron chi connectivity index (χ4n) is 2.62. The highest BCUT2D eigenvalue weighted by Gasteiger charge is 2.15. The van der Waals surface area contributed by atoms with Crippen LogP contribution in [0.5, 0.6) is 0 Å². The van der Waals surface area contributed by atoms with Crippen LogP contribution in [0.2, 0.25) is 5.02 Å². The molecule has 2 aromatic heterocycles. The number of nitrogens with one attached hydrogen (secondary N) is 1. The standard InChI is InChI=1S/C15H17ClN4O/c1-8(17)5-6-20-12-4-3-10(16)7-11(12)14-13(15(20)21)9(2)18-19-14/h3-4,7-8H,5-6,17H2,1-2H3,(H,18,19)/t8-/m0/s1. The van der Waals surface area contributed by atoms with E-state index in [0.29, 0.717) is 22.5 Å². The van der Waals surface area contributed by atoms with Gasteiger partial charge in [-0.25, -0.2) is 0 Å². The molecule has 21 heavy (non-hydrogen) atoms. The normalized spacial score (nSPS) is 13.1. The number of hydrogen-bond acceptors (Lipinski definition) is 3. The first-order valence-corrected chi connectivity index (χ1v) is 7.29. The highest BCUT2D eigenvalue weighted by Crippen LogP contribution is 2.25. The van der Waals surface area contributed by atoms with Gasteiger partial charge in [0, 0.05) is 28.7 Å². The number of aryl methyl sites for hydroxylation is 2. The molecule has 0 saturated carbocycles. The van der Waals surface area contributed by atoms with Crippen LogP contribution in [0, 0.1) is 6.92 Å². The van der Waals surface area contributed by atoms with E-state index >= 15 is 0 Å². The van der Waals surface area contributed by atoms with Crippen molar-refractivity contribution >= 4 is 33.4 Å². The van der Waals surface area contributed by atoms with E-state index in [-0.39, 0.29) is 11.6 Å². The predicted molar refractivity (Wildman–Crippen MR) is 85.9 cm³/mol. The van der Waals surface area contributed by atoms with Crippen molar-refractivity contribution in [2.24, 2.45) is 5.73 Å². The van der Waals surface area contributed by atoms with Crippen LogP contribution in [-0.2, 0) is 6.54 Å². The van der Waals surface area contributed by atoms with Gasteiger partial charge >= 0.3 is 0 Å². The molecule has 0 unspecified atom stereocenters. The molecule has 3 N–H and O–H groups in total. The van der Waals surface area contributed by atoms with E-state index < -0.39 is 0 Å². The fourth-order valence-corrected chi connectivity index (χ4v) is 2.79. The average Bonchev–Trinajstić information content (AvgIpc) is 2.81. The first-order chi connectivity index (χ1) is 9.99. The number of rotatable bonds is 3. The lowest BCUT2D eigenvalue weighted by molar-refractivity contribution is 0.573. The molecule has 0 aliphatic heterocycles. The van der Waals surface area contributed by atoms with Gasteiger partial charge in [0.2, 0.25) is 0 Å². The van der Waals surface area contributed by atoms with Crippen molar-refractivity contribution in [1.29, 1.82) is 0 Å². The van der Waals surface area contributed by atoms with E-state index in [4.69, 9.17) is 17.3 Å². The predicted octanol–water partition coefficient (Wildman–Crippen LogP) is 2.58. The summed E-state index contributed by atoms with van der Waals surface area (Å²) in [6.07, 6.45) is 0.736. The number of pyridine rings is 1. The number of benzene rings is 1. The van der Waals surface area contributed by atoms with Gasteiger partial charge in [0.25, 0.3) is 5.56 Å². The Hall–Kier alpha value is -1.85. The first kappa shape index (κ1) is 14.1. The van der Waals surface area contributed by atoms with Crippen LogP contribution in [-0.4, -0.2) is 20.8 Å². The van der Waals surface area contributed by atoms with E-state index in [1.807, 2.05) is 26.0 Å². The zero-order valence-electron chi connectivity index (χ0n) is 12.0. The number of nitrogens with two attached hydrogens (primary N) is 1. The van der Waals surface area contributed by atoms with Crippen LogP contribution in [0.15, 0.2) is 23.0 Å². The Balaban J connectivity index is 2.39. The van der Waals surface area contributed by atoms with Crippen LogP contribution in [0.3, 0.4) is 0 Å². The van der Waals surface area contributed by atoms with Gasteiger partial charge in [-0.2, -0.15) is 5.10 Å². The van der Waals surface area contributed by atoms with E-state index in [1.54, 1.807) is 10.6 Å². The van der Waals surface area contributed by atoms with Crippen LogP contribution < -0.4 is 11.3 Å². The summed E-state index contributed by atoms with van der Waals surface area (Å²) in [4.78, 5) is 12.8. The Kier molecular flexibility index (Phi) is 3.47. The third-order valence-electron chi connectivity index (χ3n) is 3.72. The quantitative estimate of drug-likeness (QED) is 0.781. The van der Waals surface area contributed by atoms with Crippen molar-refractivity contribution in [3.05, 3.63) is 39.3 Å². The van der Waals surface area contributed by atoms with E-state index in [0.717, 1.165) is 23.0 Å². The highest BCUT2D eigenvalue weighted by molar-refractivity contribution is 6.31. The van der Waals surface area contributed by atoms with Gasteiger partial charge in [0.05, 0.1) is 10.9 Å². The number of fused-ring (bicyclic) bond motifs is 3. The van der Waals surface area contributed by atoms with Crippen LogP contribution in [0.25, 0.3) is 21.8 Å². The number of H-pyrrole nitrogens is 1. The van der Waals surface area contributed by atoms with Gasteiger partial charge in [-0.15, -0.1) is 0 Å². The second-order valence-corrected chi connectivity index (χ2v) is 5.89. The number of nitrogens with zero attached hydrogens (tertiary/aromatic N) is 2. The maximum absolute atomic E-state index is 12.8. The lowest BCUT2D eigenvalue weighted by Crippen LogP contribution is -2.25. The lowest BCUT2D eigenvalue weighted by Gasteiger charge is -2.13. The number of halogens is 1. The zero-order valence-corrected chi connectivity index (χ0v) is 12.7. The topological polar surface area (TPSA) is 76.7 Å². The minimum absolute atomic E-state index is 0.0354. The van der Waals surface area contributed by atoms with Crippen molar-refractivity contribution in [2.45, 2.75) is 32.9 Å². The molecule has 0 aliphatic carbocycles. The second-order valence-electron chi connectivity index (χ2n) is 5.46. The second kappa shape index (κ2) is 5.16. The molecule has 0 aliphatic rings. The summed E-state index contributed by atoms with van der Waals surface area (Å²) >= 11 is 6.10. The van der Waals surface area contributed by atoms with Gasteiger partial charge in [-0.05, 0) is 38.5 Å². The molecule has 2 heterocycles. The Labute approximate surface area is 126 Å². The summed E-state index contributed by atoms with van der Waals surface area (Å²) in [6, 6.07) is 5.54. The van der Waals surface area contributed by atoms with Gasteiger partial charge in [0.1, 0.15) is 5.52 Å². The summed E-state index contributed by atoms with van der Waals surface area (Å²) < 4.78 is 1.76. The van der Waals surface area contributed by atoms with Crippen molar-refractivity contribution < 1.29 is 0 Å². The Bertz CT molecular complexity index is 879. The van der Waals surface area contributed by atoms with Gasteiger partial charge in [0.15, 0.2) is 0 Å². The molecule has 6 heteroatoms. The maximum Gasteiger partial charge on any atom is 0.262 e. The smallest absolute Gasteiger partial charge is 0.262 e. The van der Waals surface area contributed by atoms with Crippen molar-refractivity contribution in [3.63, 3.8) is 0 Å². The largest absolute Gasteiger partial charge is 0.328 e. The summed E-state index contributed by atoms with van der Waals surface area (Å²) in [7, 11) is 0. The molecule has 3 aromatic rings. The number of aromatic amines is 1. The lowest BCUT2D eigenvalue weighted by atomic mass is 10.1. The molecule has 0 radical (unpaired) electrons. The molecule has 1 aromatic carbocycles. The van der Waals surface area contributed by atoms with Crippen molar-refractivity contribution in [3.8, 4) is 0 Å². The highest BCUT2D eigenvalue weighted by atomic mass is 35.5. The summed E-state index contributed by atoms with van der Waals surface area (Å²) in [6.45, 7) is 4.37. The first-order valence-electron chi connectivity index (χ1n) is 6.91. The van der Waals surface area contributed by atoms with Crippen LogP contribution in [0.1, 0.15) is 19.0 Å².